The monoisotopic (exact) mass is 229 g/mol. The summed E-state index contributed by atoms with van der Waals surface area (Å²) in [7, 11) is 0. The van der Waals surface area contributed by atoms with Gasteiger partial charge < -0.3 is 5.73 Å². The van der Waals surface area contributed by atoms with Gasteiger partial charge in [0.1, 0.15) is 5.82 Å². The van der Waals surface area contributed by atoms with Crippen molar-refractivity contribution in [3.05, 3.63) is 53.8 Å². The Labute approximate surface area is 101 Å². The lowest BCUT2D eigenvalue weighted by Gasteiger charge is -2.07. The molecule has 2 aromatic rings. The fourth-order valence-corrected chi connectivity index (χ4v) is 1.92. The minimum Gasteiger partial charge on any atom is -0.398 e. The van der Waals surface area contributed by atoms with Crippen LogP contribution in [0.3, 0.4) is 0 Å². The second-order valence-corrected chi connectivity index (χ2v) is 4.18. The third-order valence-corrected chi connectivity index (χ3v) is 2.82. The molecule has 1 nitrogen and oxygen atoms in total. The quantitative estimate of drug-likeness (QED) is 0.790. The minimum atomic E-state index is -0.258. The minimum absolute atomic E-state index is 0.258. The number of rotatable bonds is 3. The standard InChI is InChI=1S/C15H16FN/c1-2-3-11-4-6-12(7-5-11)14-10-13(16)8-9-15(14)17/h4-10H,2-3,17H2,1H3. The zero-order valence-electron chi connectivity index (χ0n) is 9.91. The van der Waals surface area contributed by atoms with Crippen LogP contribution in [0.1, 0.15) is 18.9 Å². The highest BCUT2D eigenvalue weighted by molar-refractivity contribution is 5.76. The Balaban J connectivity index is 2.36. The summed E-state index contributed by atoms with van der Waals surface area (Å²) in [4.78, 5) is 0. The van der Waals surface area contributed by atoms with E-state index in [-0.39, 0.29) is 5.82 Å². The summed E-state index contributed by atoms with van der Waals surface area (Å²) in [6, 6.07) is 12.6. The van der Waals surface area contributed by atoms with Crippen molar-refractivity contribution >= 4 is 5.69 Å². The molecule has 2 N–H and O–H groups in total. The average Bonchev–Trinajstić information content (AvgIpc) is 2.34. The zero-order chi connectivity index (χ0) is 12.3. The van der Waals surface area contributed by atoms with Crippen molar-refractivity contribution in [2.45, 2.75) is 19.8 Å². The molecule has 2 aromatic carbocycles. The van der Waals surface area contributed by atoms with Gasteiger partial charge in [0.05, 0.1) is 0 Å². The van der Waals surface area contributed by atoms with Crippen LogP contribution in [0.4, 0.5) is 10.1 Å². The Kier molecular flexibility index (Phi) is 3.43. The highest BCUT2D eigenvalue weighted by Crippen LogP contribution is 2.26. The molecule has 0 atom stereocenters. The van der Waals surface area contributed by atoms with Gasteiger partial charge in [-0.2, -0.15) is 0 Å². The first-order chi connectivity index (χ1) is 8.20. The summed E-state index contributed by atoms with van der Waals surface area (Å²) in [5, 5.41) is 0. The summed E-state index contributed by atoms with van der Waals surface area (Å²) in [6.07, 6.45) is 2.19. The zero-order valence-corrected chi connectivity index (χ0v) is 9.91. The molecule has 0 fully saturated rings. The fourth-order valence-electron chi connectivity index (χ4n) is 1.92. The van der Waals surface area contributed by atoms with Gasteiger partial charge in [0.15, 0.2) is 0 Å². The van der Waals surface area contributed by atoms with E-state index in [1.165, 1.54) is 17.7 Å². The van der Waals surface area contributed by atoms with Crippen LogP contribution in [-0.2, 0) is 6.42 Å². The van der Waals surface area contributed by atoms with Gasteiger partial charge in [0.2, 0.25) is 0 Å². The van der Waals surface area contributed by atoms with E-state index >= 15 is 0 Å². The fraction of sp³-hybridized carbons (Fsp3) is 0.200. The maximum atomic E-state index is 13.2. The summed E-state index contributed by atoms with van der Waals surface area (Å²) < 4.78 is 13.2. The maximum absolute atomic E-state index is 13.2. The van der Waals surface area contributed by atoms with Crippen molar-refractivity contribution in [2.75, 3.05) is 5.73 Å². The lowest BCUT2D eigenvalue weighted by molar-refractivity contribution is 0.628. The molecule has 0 aliphatic carbocycles. The van der Waals surface area contributed by atoms with E-state index in [2.05, 4.69) is 19.1 Å². The van der Waals surface area contributed by atoms with Gasteiger partial charge in [-0.1, -0.05) is 37.6 Å². The van der Waals surface area contributed by atoms with Gasteiger partial charge in [0, 0.05) is 11.3 Å². The van der Waals surface area contributed by atoms with Crippen molar-refractivity contribution in [3.8, 4) is 11.1 Å². The molecule has 0 bridgehead atoms. The number of hydrogen-bond acceptors (Lipinski definition) is 1. The van der Waals surface area contributed by atoms with E-state index in [9.17, 15) is 4.39 Å². The van der Waals surface area contributed by atoms with Crippen LogP contribution in [0.5, 0.6) is 0 Å². The van der Waals surface area contributed by atoms with Crippen LogP contribution in [0.15, 0.2) is 42.5 Å². The summed E-state index contributed by atoms with van der Waals surface area (Å²) >= 11 is 0. The predicted molar refractivity (Wildman–Crippen MR) is 70.2 cm³/mol. The van der Waals surface area contributed by atoms with Gasteiger partial charge in [-0.05, 0) is 35.7 Å². The van der Waals surface area contributed by atoms with Crippen LogP contribution >= 0.6 is 0 Å². The lowest BCUT2D eigenvalue weighted by atomic mass is 10.0. The Morgan fingerprint density at radius 2 is 1.76 bits per heavy atom. The summed E-state index contributed by atoms with van der Waals surface area (Å²) in [5.41, 5.74) is 9.47. The molecule has 0 radical (unpaired) electrons. The van der Waals surface area contributed by atoms with E-state index in [0.29, 0.717) is 5.69 Å². The maximum Gasteiger partial charge on any atom is 0.123 e. The topological polar surface area (TPSA) is 26.0 Å². The van der Waals surface area contributed by atoms with Crippen LogP contribution in [-0.4, -0.2) is 0 Å². The molecule has 0 aromatic heterocycles. The molecule has 0 spiro atoms. The normalized spacial score (nSPS) is 10.5. The smallest absolute Gasteiger partial charge is 0.123 e. The number of halogens is 1. The molecular weight excluding hydrogens is 213 g/mol. The van der Waals surface area contributed by atoms with Crippen LogP contribution in [0.25, 0.3) is 11.1 Å². The molecular formula is C15H16FN. The first-order valence-corrected chi connectivity index (χ1v) is 5.85. The second-order valence-electron chi connectivity index (χ2n) is 4.18. The molecule has 2 rings (SSSR count). The Bertz CT molecular complexity index is 503. The van der Waals surface area contributed by atoms with E-state index in [0.717, 1.165) is 24.0 Å². The van der Waals surface area contributed by atoms with Crippen molar-refractivity contribution in [1.29, 1.82) is 0 Å². The Morgan fingerprint density at radius 3 is 2.41 bits per heavy atom. The molecule has 0 unspecified atom stereocenters. The summed E-state index contributed by atoms with van der Waals surface area (Å²) in [6.45, 7) is 2.15. The van der Waals surface area contributed by atoms with Crippen LogP contribution < -0.4 is 5.73 Å². The Morgan fingerprint density at radius 1 is 1.06 bits per heavy atom. The molecule has 0 aliphatic rings. The third kappa shape index (κ3) is 2.64. The van der Waals surface area contributed by atoms with Gasteiger partial charge in [-0.15, -0.1) is 0 Å². The van der Waals surface area contributed by atoms with Crippen LogP contribution in [0.2, 0.25) is 0 Å². The van der Waals surface area contributed by atoms with Crippen molar-refractivity contribution in [3.63, 3.8) is 0 Å². The SMILES string of the molecule is CCCc1ccc(-c2cc(F)ccc2N)cc1. The molecule has 0 saturated heterocycles. The number of anilines is 1. The Hall–Kier alpha value is -1.83. The molecule has 0 aliphatic heterocycles. The molecule has 88 valence electrons. The number of benzene rings is 2. The van der Waals surface area contributed by atoms with Gasteiger partial charge in [0.25, 0.3) is 0 Å². The predicted octanol–water partition coefficient (Wildman–Crippen LogP) is 4.03. The number of aryl methyl sites for hydroxylation is 1. The molecule has 17 heavy (non-hydrogen) atoms. The molecule has 0 amide bonds. The second kappa shape index (κ2) is 5.00. The van der Waals surface area contributed by atoms with E-state index < -0.39 is 0 Å². The van der Waals surface area contributed by atoms with Crippen molar-refractivity contribution < 1.29 is 4.39 Å². The summed E-state index contributed by atoms with van der Waals surface area (Å²) in [5.74, 6) is -0.258. The van der Waals surface area contributed by atoms with E-state index in [4.69, 9.17) is 5.73 Å². The van der Waals surface area contributed by atoms with Gasteiger partial charge in [-0.25, -0.2) is 4.39 Å². The molecule has 0 heterocycles. The highest BCUT2D eigenvalue weighted by Gasteiger charge is 2.04. The largest absolute Gasteiger partial charge is 0.398 e. The first-order valence-electron chi connectivity index (χ1n) is 5.85. The van der Waals surface area contributed by atoms with E-state index in [1.807, 2.05) is 12.1 Å². The molecule has 2 heteroatoms. The number of hydrogen-bond donors (Lipinski definition) is 1. The number of nitrogens with two attached hydrogens (primary N) is 1. The lowest BCUT2D eigenvalue weighted by Crippen LogP contribution is -1.91. The van der Waals surface area contributed by atoms with Crippen LogP contribution in [0, 0.1) is 5.82 Å². The van der Waals surface area contributed by atoms with Gasteiger partial charge in [-0.3, -0.25) is 0 Å². The van der Waals surface area contributed by atoms with Gasteiger partial charge >= 0.3 is 0 Å². The number of nitrogen functional groups attached to an aromatic ring is 1. The molecule has 0 saturated carbocycles. The van der Waals surface area contributed by atoms with Crippen molar-refractivity contribution in [2.24, 2.45) is 0 Å². The highest BCUT2D eigenvalue weighted by atomic mass is 19.1. The average molecular weight is 229 g/mol. The third-order valence-electron chi connectivity index (χ3n) is 2.82. The van der Waals surface area contributed by atoms with E-state index in [1.54, 1.807) is 6.07 Å². The first kappa shape index (κ1) is 11.6. The van der Waals surface area contributed by atoms with Crippen molar-refractivity contribution in [1.82, 2.24) is 0 Å².